The van der Waals surface area contributed by atoms with Crippen molar-refractivity contribution in [3.05, 3.63) is 40.4 Å². The first-order chi connectivity index (χ1) is 8.11. The van der Waals surface area contributed by atoms with Crippen LogP contribution in [0, 0.1) is 6.92 Å². The lowest BCUT2D eigenvalue weighted by Crippen LogP contribution is -2.01. The second-order valence-electron chi connectivity index (χ2n) is 3.41. The lowest BCUT2D eigenvalue weighted by Gasteiger charge is -1.99. The van der Waals surface area contributed by atoms with Crippen LogP contribution >= 0.6 is 15.9 Å². The van der Waals surface area contributed by atoms with Crippen LogP contribution in [0.5, 0.6) is 0 Å². The van der Waals surface area contributed by atoms with E-state index in [1.807, 2.05) is 24.3 Å². The Balaban J connectivity index is 2.51. The molecule has 0 aliphatic heterocycles. The number of hydrogen-bond donors (Lipinski definition) is 0. The SMILES string of the molecule is COC(=O)c1oc(C)nc1-c1ccc(Br)cc1. The summed E-state index contributed by atoms with van der Waals surface area (Å²) >= 11 is 3.35. The highest BCUT2D eigenvalue weighted by atomic mass is 79.9. The van der Waals surface area contributed by atoms with Gasteiger partial charge in [0.15, 0.2) is 5.89 Å². The second-order valence-corrected chi connectivity index (χ2v) is 4.32. The summed E-state index contributed by atoms with van der Waals surface area (Å²) in [6.07, 6.45) is 0. The number of methoxy groups -OCH3 is 1. The number of halogens is 1. The molecule has 0 bridgehead atoms. The van der Waals surface area contributed by atoms with Gasteiger partial charge in [-0.1, -0.05) is 28.1 Å². The molecule has 1 aromatic carbocycles. The smallest absolute Gasteiger partial charge is 0.376 e. The fourth-order valence-electron chi connectivity index (χ4n) is 1.46. The molecule has 1 aromatic heterocycles. The number of oxazole rings is 1. The van der Waals surface area contributed by atoms with Gasteiger partial charge in [0.05, 0.1) is 7.11 Å². The van der Waals surface area contributed by atoms with Crippen molar-refractivity contribution in [1.29, 1.82) is 0 Å². The van der Waals surface area contributed by atoms with E-state index in [1.165, 1.54) is 7.11 Å². The summed E-state index contributed by atoms with van der Waals surface area (Å²) in [5.41, 5.74) is 1.31. The number of nitrogens with zero attached hydrogens (tertiary/aromatic N) is 1. The molecule has 5 heteroatoms. The van der Waals surface area contributed by atoms with Gasteiger partial charge in [-0.2, -0.15) is 0 Å². The van der Waals surface area contributed by atoms with Crippen molar-refractivity contribution >= 4 is 21.9 Å². The van der Waals surface area contributed by atoms with E-state index in [0.29, 0.717) is 11.6 Å². The molecule has 1 heterocycles. The standard InChI is InChI=1S/C12H10BrNO3/c1-7-14-10(11(17-7)12(15)16-2)8-3-5-9(13)6-4-8/h3-6H,1-2H3. The Kier molecular flexibility index (Phi) is 3.28. The minimum atomic E-state index is -0.525. The number of carbonyl (C=O) groups excluding carboxylic acids is 1. The normalized spacial score (nSPS) is 10.3. The van der Waals surface area contributed by atoms with E-state index in [1.54, 1.807) is 6.92 Å². The zero-order chi connectivity index (χ0) is 12.4. The average molecular weight is 296 g/mol. The van der Waals surface area contributed by atoms with Crippen LogP contribution in [0.1, 0.15) is 16.4 Å². The first-order valence-electron chi connectivity index (χ1n) is 4.93. The molecule has 0 spiro atoms. The van der Waals surface area contributed by atoms with E-state index in [0.717, 1.165) is 10.0 Å². The number of aryl methyl sites for hydroxylation is 1. The van der Waals surface area contributed by atoms with Crippen molar-refractivity contribution in [2.24, 2.45) is 0 Å². The number of aromatic nitrogens is 1. The molecule has 0 fully saturated rings. The predicted molar refractivity (Wildman–Crippen MR) is 65.7 cm³/mol. The predicted octanol–water partition coefficient (Wildman–Crippen LogP) is 3.20. The third kappa shape index (κ3) is 2.39. The van der Waals surface area contributed by atoms with Crippen LogP contribution in [0.3, 0.4) is 0 Å². The Bertz CT molecular complexity index is 545. The quantitative estimate of drug-likeness (QED) is 0.799. The zero-order valence-electron chi connectivity index (χ0n) is 9.36. The maximum atomic E-state index is 11.5. The molecule has 88 valence electrons. The molecule has 0 N–H and O–H groups in total. The van der Waals surface area contributed by atoms with E-state index in [9.17, 15) is 4.79 Å². The van der Waals surface area contributed by atoms with Crippen LogP contribution in [0.2, 0.25) is 0 Å². The first-order valence-corrected chi connectivity index (χ1v) is 5.73. The van der Waals surface area contributed by atoms with Gasteiger partial charge in [0.1, 0.15) is 5.69 Å². The molecule has 0 aliphatic rings. The first kappa shape index (κ1) is 11.9. The summed E-state index contributed by atoms with van der Waals surface area (Å²) in [5.74, 6) is 0.0409. The molecule has 0 atom stereocenters. The van der Waals surface area contributed by atoms with E-state index >= 15 is 0 Å². The summed E-state index contributed by atoms with van der Waals surface area (Å²) in [7, 11) is 1.31. The molecule has 0 aliphatic carbocycles. The third-order valence-corrected chi connectivity index (χ3v) is 2.75. The lowest BCUT2D eigenvalue weighted by molar-refractivity contribution is 0.0565. The molecular formula is C12H10BrNO3. The Morgan fingerprint density at radius 3 is 2.59 bits per heavy atom. The van der Waals surface area contributed by atoms with Crippen LogP contribution in [0.25, 0.3) is 11.3 Å². The average Bonchev–Trinajstić information content (AvgIpc) is 2.71. The van der Waals surface area contributed by atoms with Crippen molar-refractivity contribution in [3.63, 3.8) is 0 Å². The van der Waals surface area contributed by atoms with Crippen LogP contribution in [0.4, 0.5) is 0 Å². The monoisotopic (exact) mass is 295 g/mol. The molecule has 2 aromatic rings. The van der Waals surface area contributed by atoms with Crippen LogP contribution in [-0.4, -0.2) is 18.1 Å². The Morgan fingerprint density at radius 2 is 2.00 bits per heavy atom. The van der Waals surface area contributed by atoms with Gasteiger partial charge < -0.3 is 9.15 Å². The Morgan fingerprint density at radius 1 is 1.35 bits per heavy atom. The van der Waals surface area contributed by atoms with Crippen molar-refractivity contribution in [2.45, 2.75) is 6.92 Å². The molecule has 17 heavy (non-hydrogen) atoms. The largest absolute Gasteiger partial charge is 0.463 e. The van der Waals surface area contributed by atoms with Gasteiger partial charge >= 0.3 is 5.97 Å². The number of rotatable bonds is 2. The highest BCUT2D eigenvalue weighted by Gasteiger charge is 2.20. The van der Waals surface area contributed by atoms with Crippen molar-refractivity contribution in [2.75, 3.05) is 7.11 Å². The summed E-state index contributed by atoms with van der Waals surface area (Å²) in [5, 5.41) is 0. The van der Waals surface area contributed by atoms with Gasteiger partial charge in [0, 0.05) is 17.0 Å². The van der Waals surface area contributed by atoms with Crippen LogP contribution < -0.4 is 0 Å². The number of hydrogen-bond acceptors (Lipinski definition) is 4. The van der Waals surface area contributed by atoms with Crippen molar-refractivity contribution in [1.82, 2.24) is 4.98 Å². The topological polar surface area (TPSA) is 52.3 Å². The maximum Gasteiger partial charge on any atom is 0.376 e. The highest BCUT2D eigenvalue weighted by molar-refractivity contribution is 9.10. The summed E-state index contributed by atoms with van der Waals surface area (Å²) < 4.78 is 10.9. The number of ether oxygens (including phenoxy) is 1. The number of benzene rings is 1. The second kappa shape index (κ2) is 4.71. The molecular weight excluding hydrogens is 286 g/mol. The van der Waals surface area contributed by atoms with Crippen LogP contribution in [0.15, 0.2) is 33.2 Å². The zero-order valence-corrected chi connectivity index (χ0v) is 10.9. The van der Waals surface area contributed by atoms with Gasteiger partial charge in [0.2, 0.25) is 5.76 Å². The highest BCUT2D eigenvalue weighted by Crippen LogP contribution is 2.25. The van der Waals surface area contributed by atoms with Gasteiger partial charge in [0.25, 0.3) is 0 Å². The molecule has 0 saturated carbocycles. The van der Waals surface area contributed by atoms with Gasteiger partial charge in [-0.15, -0.1) is 0 Å². The van der Waals surface area contributed by atoms with Gasteiger partial charge in [-0.25, -0.2) is 9.78 Å². The van der Waals surface area contributed by atoms with E-state index in [4.69, 9.17) is 4.42 Å². The number of esters is 1. The maximum absolute atomic E-state index is 11.5. The minimum Gasteiger partial charge on any atom is -0.463 e. The fraction of sp³-hybridized carbons (Fsp3) is 0.167. The molecule has 0 radical (unpaired) electrons. The Labute approximate surface area is 107 Å². The summed E-state index contributed by atoms with van der Waals surface area (Å²) in [6.45, 7) is 1.69. The van der Waals surface area contributed by atoms with Gasteiger partial charge in [-0.05, 0) is 12.1 Å². The molecule has 0 saturated heterocycles. The van der Waals surface area contributed by atoms with Gasteiger partial charge in [-0.3, -0.25) is 0 Å². The van der Waals surface area contributed by atoms with E-state index < -0.39 is 5.97 Å². The van der Waals surface area contributed by atoms with E-state index in [2.05, 4.69) is 25.7 Å². The summed E-state index contributed by atoms with van der Waals surface area (Å²) in [6, 6.07) is 7.46. The molecule has 4 nitrogen and oxygen atoms in total. The van der Waals surface area contributed by atoms with E-state index in [-0.39, 0.29) is 5.76 Å². The Hall–Kier alpha value is -1.62. The summed E-state index contributed by atoms with van der Waals surface area (Å²) in [4.78, 5) is 15.7. The number of carbonyl (C=O) groups is 1. The minimum absolute atomic E-state index is 0.132. The molecule has 2 rings (SSSR count). The lowest BCUT2D eigenvalue weighted by atomic mass is 10.1. The van der Waals surface area contributed by atoms with Crippen LogP contribution in [-0.2, 0) is 4.74 Å². The molecule has 0 amide bonds. The van der Waals surface area contributed by atoms with Crippen molar-refractivity contribution < 1.29 is 13.9 Å². The molecule has 0 unspecified atom stereocenters. The third-order valence-electron chi connectivity index (χ3n) is 2.22. The van der Waals surface area contributed by atoms with Crippen molar-refractivity contribution in [3.8, 4) is 11.3 Å². The fourth-order valence-corrected chi connectivity index (χ4v) is 1.73.